The second kappa shape index (κ2) is 12.8. The van der Waals surface area contributed by atoms with Crippen LogP contribution in [0, 0.1) is 13.8 Å². The van der Waals surface area contributed by atoms with Gasteiger partial charge < -0.3 is 24.1 Å². The lowest BCUT2D eigenvalue weighted by atomic mass is 10.1. The maximum atomic E-state index is 12.4. The van der Waals surface area contributed by atoms with Crippen molar-refractivity contribution in [2.24, 2.45) is 0 Å². The van der Waals surface area contributed by atoms with Crippen molar-refractivity contribution in [1.82, 2.24) is 14.9 Å². The van der Waals surface area contributed by atoms with E-state index in [1.54, 1.807) is 7.11 Å². The van der Waals surface area contributed by atoms with Gasteiger partial charge in [-0.1, -0.05) is 36.4 Å². The molecular formula is C30H35N3O4. The lowest BCUT2D eigenvalue weighted by Crippen LogP contribution is -2.31. The molecule has 0 aliphatic rings. The highest BCUT2D eigenvalue weighted by Gasteiger charge is 2.12. The summed E-state index contributed by atoms with van der Waals surface area (Å²) in [5.74, 6) is 3.06. The minimum Gasteiger partial charge on any atom is -0.493 e. The highest BCUT2D eigenvalue weighted by atomic mass is 16.5. The van der Waals surface area contributed by atoms with Crippen molar-refractivity contribution in [2.75, 3.05) is 26.9 Å². The van der Waals surface area contributed by atoms with Gasteiger partial charge >= 0.3 is 0 Å². The van der Waals surface area contributed by atoms with Crippen molar-refractivity contribution in [3.63, 3.8) is 0 Å². The first-order valence-corrected chi connectivity index (χ1v) is 12.7. The Balaban J connectivity index is 1.28. The summed E-state index contributed by atoms with van der Waals surface area (Å²) in [6.45, 7) is 5.91. The highest BCUT2D eigenvalue weighted by Crippen LogP contribution is 2.26. The zero-order valence-electron chi connectivity index (χ0n) is 21.8. The van der Waals surface area contributed by atoms with E-state index >= 15 is 0 Å². The molecule has 0 unspecified atom stereocenters. The summed E-state index contributed by atoms with van der Waals surface area (Å²) in [4.78, 5) is 17.2. The molecule has 0 radical (unpaired) electrons. The van der Waals surface area contributed by atoms with Crippen molar-refractivity contribution in [2.45, 2.75) is 39.7 Å². The van der Waals surface area contributed by atoms with Gasteiger partial charge in [-0.2, -0.15) is 0 Å². The van der Waals surface area contributed by atoms with Gasteiger partial charge in [-0.15, -0.1) is 0 Å². The SMILES string of the molecule is COc1ccccc1OCCCCn1c(CCNC(=O)COc2cc(C)ccc2C)nc2ccccc21. The van der Waals surface area contributed by atoms with Gasteiger partial charge in [-0.05, 0) is 68.1 Å². The molecule has 1 amide bonds. The molecule has 0 aliphatic carbocycles. The smallest absolute Gasteiger partial charge is 0.257 e. The number of aryl methyl sites for hydroxylation is 3. The van der Waals surface area contributed by atoms with Crippen LogP contribution in [0.5, 0.6) is 17.2 Å². The lowest BCUT2D eigenvalue weighted by Gasteiger charge is -2.12. The number of fused-ring (bicyclic) bond motifs is 1. The summed E-state index contributed by atoms with van der Waals surface area (Å²) >= 11 is 0. The number of aromatic nitrogens is 2. The summed E-state index contributed by atoms with van der Waals surface area (Å²) in [6, 6.07) is 21.8. The number of benzene rings is 3. The van der Waals surface area contributed by atoms with E-state index in [-0.39, 0.29) is 12.5 Å². The molecule has 0 aliphatic heterocycles. The first-order valence-electron chi connectivity index (χ1n) is 12.7. The second-order valence-corrected chi connectivity index (χ2v) is 9.03. The second-order valence-electron chi connectivity index (χ2n) is 9.03. The Bertz CT molecular complexity index is 1330. The number of unbranched alkanes of at least 4 members (excludes halogenated alkanes) is 1. The summed E-state index contributed by atoms with van der Waals surface area (Å²) in [5, 5.41) is 2.96. The van der Waals surface area contributed by atoms with Crippen LogP contribution in [0.1, 0.15) is 29.8 Å². The maximum absolute atomic E-state index is 12.4. The van der Waals surface area contributed by atoms with E-state index in [9.17, 15) is 4.79 Å². The molecule has 37 heavy (non-hydrogen) atoms. The number of carbonyl (C=O) groups is 1. The van der Waals surface area contributed by atoms with Crippen LogP contribution < -0.4 is 19.5 Å². The molecule has 0 fully saturated rings. The van der Waals surface area contributed by atoms with E-state index in [4.69, 9.17) is 19.2 Å². The van der Waals surface area contributed by atoms with Gasteiger partial charge in [0.15, 0.2) is 18.1 Å². The third-order valence-electron chi connectivity index (χ3n) is 6.21. The molecule has 7 nitrogen and oxygen atoms in total. The number of carbonyl (C=O) groups excluding carboxylic acids is 1. The molecule has 194 valence electrons. The molecule has 0 atom stereocenters. The quantitative estimate of drug-likeness (QED) is 0.253. The van der Waals surface area contributed by atoms with E-state index in [0.717, 1.165) is 64.6 Å². The maximum Gasteiger partial charge on any atom is 0.257 e. The monoisotopic (exact) mass is 501 g/mol. The van der Waals surface area contributed by atoms with Gasteiger partial charge in [0.05, 0.1) is 24.8 Å². The molecule has 7 heteroatoms. The first kappa shape index (κ1) is 26.1. The third-order valence-corrected chi connectivity index (χ3v) is 6.21. The third kappa shape index (κ3) is 7.03. The van der Waals surface area contributed by atoms with Crippen molar-refractivity contribution in [3.05, 3.63) is 83.7 Å². The van der Waals surface area contributed by atoms with Crippen molar-refractivity contribution in [3.8, 4) is 17.2 Å². The Morgan fingerprint density at radius 1 is 0.919 bits per heavy atom. The number of amides is 1. The molecule has 0 saturated carbocycles. The van der Waals surface area contributed by atoms with Crippen LogP contribution >= 0.6 is 0 Å². The van der Waals surface area contributed by atoms with Crippen molar-refractivity contribution < 1.29 is 19.0 Å². The van der Waals surface area contributed by atoms with Crippen molar-refractivity contribution >= 4 is 16.9 Å². The average molecular weight is 502 g/mol. The van der Waals surface area contributed by atoms with Gasteiger partial charge in [0.25, 0.3) is 5.91 Å². The fourth-order valence-electron chi connectivity index (χ4n) is 4.23. The first-order chi connectivity index (χ1) is 18.0. The van der Waals surface area contributed by atoms with Gasteiger partial charge in [-0.3, -0.25) is 4.79 Å². The van der Waals surface area contributed by atoms with Crippen LogP contribution in [0.3, 0.4) is 0 Å². The van der Waals surface area contributed by atoms with Gasteiger partial charge in [0.2, 0.25) is 0 Å². The zero-order valence-corrected chi connectivity index (χ0v) is 21.8. The van der Waals surface area contributed by atoms with Gasteiger partial charge in [-0.25, -0.2) is 4.98 Å². The Labute approximate surface area is 218 Å². The van der Waals surface area contributed by atoms with Crippen LogP contribution in [-0.2, 0) is 17.8 Å². The summed E-state index contributed by atoms with van der Waals surface area (Å²) in [7, 11) is 1.65. The predicted molar refractivity (Wildman–Crippen MR) is 146 cm³/mol. The molecular weight excluding hydrogens is 466 g/mol. The molecule has 0 spiro atoms. The van der Waals surface area contributed by atoms with E-state index in [1.165, 1.54) is 0 Å². The zero-order chi connectivity index (χ0) is 26.0. The lowest BCUT2D eigenvalue weighted by molar-refractivity contribution is -0.123. The van der Waals surface area contributed by atoms with Crippen LogP contribution in [-0.4, -0.2) is 42.3 Å². The van der Waals surface area contributed by atoms with Crippen LogP contribution in [0.25, 0.3) is 11.0 Å². The minimum absolute atomic E-state index is 0.00703. The molecule has 1 N–H and O–H groups in total. The molecule has 3 aromatic carbocycles. The van der Waals surface area contributed by atoms with E-state index in [0.29, 0.717) is 19.6 Å². The average Bonchev–Trinajstić information content (AvgIpc) is 3.26. The standard InChI is InChI=1S/C30H35N3O4/c1-22-14-15-23(2)28(20-22)37-21-30(34)31-17-16-29-32-24-10-4-5-11-25(24)33(29)18-8-9-19-36-27-13-7-6-12-26(27)35-3/h4-7,10-15,20H,8-9,16-19,21H2,1-3H3,(H,31,34). The number of ether oxygens (including phenoxy) is 3. The fraction of sp³-hybridized carbons (Fsp3) is 0.333. The van der Waals surface area contributed by atoms with Gasteiger partial charge in [0, 0.05) is 19.5 Å². The van der Waals surface area contributed by atoms with E-state index < -0.39 is 0 Å². The van der Waals surface area contributed by atoms with E-state index in [2.05, 4.69) is 16.0 Å². The van der Waals surface area contributed by atoms with Gasteiger partial charge in [0.1, 0.15) is 11.6 Å². The topological polar surface area (TPSA) is 74.6 Å². The number of hydrogen-bond donors (Lipinski definition) is 1. The predicted octanol–water partition coefficient (Wildman–Crippen LogP) is 5.26. The summed E-state index contributed by atoms with van der Waals surface area (Å²) in [5.41, 5.74) is 4.19. The number of nitrogens with one attached hydrogen (secondary N) is 1. The highest BCUT2D eigenvalue weighted by molar-refractivity contribution is 5.78. The molecule has 1 heterocycles. The molecule has 0 bridgehead atoms. The molecule has 4 rings (SSSR count). The van der Waals surface area contributed by atoms with Crippen LogP contribution in [0.15, 0.2) is 66.7 Å². The normalized spacial score (nSPS) is 10.9. The van der Waals surface area contributed by atoms with E-state index in [1.807, 2.05) is 74.5 Å². The number of nitrogens with zero attached hydrogens (tertiary/aromatic N) is 2. The summed E-state index contributed by atoms with van der Waals surface area (Å²) in [6.07, 6.45) is 2.48. The Morgan fingerprint density at radius 2 is 1.70 bits per heavy atom. The number of para-hydroxylation sites is 4. The van der Waals surface area contributed by atoms with Crippen molar-refractivity contribution in [1.29, 1.82) is 0 Å². The molecule has 1 aromatic heterocycles. The number of imidazole rings is 1. The number of methoxy groups -OCH3 is 1. The Morgan fingerprint density at radius 3 is 2.54 bits per heavy atom. The van der Waals surface area contributed by atoms with Crippen LogP contribution in [0.2, 0.25) is 0 Å². The fourth-order valence-corrected chi connectivity index (χ4v) is 4.23. The largest absolute Gasteiger partial charge is 0.493 e. The Kier molecular flexibility index (Phi) is 9.03. The molecule has 0 saturated heterocycles. The molecule has 4 aromatic rings. The Hall–Kier alpha value is -4.00. The van der Waals surface area contributed by atoms with Crippen LogP contribution in [0.4, 0.5) is 0 Å². The number of rotatable bonds is 13. The minimum atomic E-state index is -0.142. The summed E-state index contributed by atoms with van der Waals surface area (Å²) < 4.78 is 19.2. The number of hydrogen-bond acceptors (Lipinski definition) is 5.